The Balaban J connectivity index is 2.84. The third-order valence-corrected chi connectivity index (χ3v) is 4.12. The number of carbonyl (C=O) groups excluding carboxylic acids is 1. The lowest BCUT2D eigenvalue weighted by atomic mass is 9.83. The quantitative estimate of drug-likeness (QED) is 0.842. The Hall–Kier alpha value is -1.42. The lowest BCUT2D eigenvalue weighted by molar-refractivity contribution is -0.126. The minimum absolute atomic E-state index is 0.209. The number of carbonyl (C=O) groups is 1. The number of amides is 1. The van der Waals surface area contributed by atoms with Gasteiger partial charge in [0.05, 0.1) is 5.41 Å². The molecule has 3 N–H and O–H groups in total. The average molecular weight is 280 g/mol. The van der Waals surface area contributed by atoms with Crippen molar-refractivity contribution in [2.75, 3.05) is 6.54 Å². The van der Waals surface area contributed by atoms with Gasteiger partial charge in [0, 0.05) is 17.6 Å². The van der Waals surface area contributed by atoms with Crippen molar-refractivity contribution in [3.05, 3.63) is 35.6 Å². The molecule has 0 aliphatic carbocycles. The van der Waals surface area contributed by atoms with Gasteiger partial charge in [-0.25, -0.2) is 4.39 Å². The van der Waals surface area contributed by atoms with Gasteiger partial charge in [-0.15, -0.1) is 0 Å². The third kappa shape index (κ3) is 3.57. The molecule has 0 saturated carbocycles. The van der Waals surface area contributed by atoms with E-state index in [0.29, 0.717) is 12.1 Å². The number of hydrogen-bond acceptors (Lipinski definition) is 2. The molecule has 1 aromatic rings. The summed E-state index contributed by atoms with van der Waals surface area (Å²) in [6, 6.07) is 6.37. The van der Waals surface area contributed by atoms with E-state index in [4.69, 9.17) is 5.73 Å². The molecule has 112 valence electrons. The predicted molar refractivity (Wildman–Crippen MR) is 79.9 cm³/mol. The Bertz CT molecular complexity index is 467. The normalized spacial score (nSPS) is 12.3. The SMILES string of the molecule is CCC(N)(CC)CNC(=O)C(C)(C)c1ccccc1F. The van der Waals surface area contributed by atoms with Gasteiger partial charge in [-0.3, -0.25) is 4.79 Å². The van der Waals surface area contributed by atoms with Crippen LogP contribution in [0.4, 0.5) is 4.39 Å². The first-order valence-electron chi connectivity index (χ1n) is 7.09. The number of rotatable bonds is 6. The standard InChI is InChI=1S/C16H25FN2O/c1-5-16(18,6-2)11-19-14(20)15(3,4)12-9-7-8-10-13(12)17/h7-10H,5-6,11,18H2,1-4H3,(H,19,20). The van der Waals surface area contributed by atoms with E-state index in [-0.39, 0.29) is 11.7 Å². The lowest BCUT2D eigenvalue weighted by Gasteiger charge is -2.30. The highest BCUT2D eigenvalue weighted by atomic mass is 19.1. The minimum atomic E-state index is -0.923. The molecule has 0 radical (unpaired) electrons. The average Bonchev–Trinajstić information content (AvgIpc) is 2.44. The highest BCUT2D eigenvalue weighted by Gasteiger charge is 2.33. The summed E-state index contributed by atoms with van der Waals surface area (Å²) in [4.78, 5) is 12.4. The maximum Gasteiger partial charge on any atom is 0.230 e. The van der Waals surface area contributed by atoms with Crippen LogP contribution in [0.1, 0.15) is 46.1 Å². The van der Waals surface area contributed by atoms with E-state index in [1.54, 1.807) is 32.0 Å². The van der Waals surface area contributed by atoms with E-state index in [2.05, 4.69) is 5.32 Å². The Morgan fingerprint density at radius 3 is 2.30 bits per heavy atom. The second kappa shape index (κ2) is 6.35. The van der Waals surface area contributed by atoms with Gasteiger partial charge >= 0.3 is 0 Å². The molecule has 4 heteroatoms. The fourth-order valence-electron chi connectivity index (χ4n) is 2.07. The monoisotopic (exact) mass is 280 g/mol. The fourth-order valence-corrected chi connectivity index (χ4v) is 2.07. The summed E-state index contributed by atoms with van der Waals surface area (Å²) in [6.45, 7) is 7.83. The number of nitrogens with one attached hydrogen (secondary N) is 1. The van der Waals surface area contributed by atoms with Crippen LogP contribution in [0.15, 0.2) is 24.3 Å². The zero-order chi connectivity index (χ0) is 15.4. The molecule has 0 fully saturated rings. The molecule has 0 unspecified atom stereocenters. The summed E-state index contributed by atoms with van der Waals surface area (Å²) in [5.41, 5.74) is 5.24. The molecule has 1 aromatic carbocycles. The molecule has 1 rings (SSSR count). The van der Waals surface area contributed by atoms with Gasteiger partial charge in [-0.05, 0) is 32.8 Å². The van der Waals surface area contributed by atoms with Crippen molar-refractivity contribution in [3.63, 3.8) is 0 Å². The van der Waals surface area contributed by atoms with Crippen LogP contribution < -0.4 is 11.1 Å². The Morgan fingerprint density at radius 2 is 1.80 bits per heavy atom. The summed E-state index contributed by atoms with van der Waals surface area (Å²) in [6.07, 6.45) is 1.56. The molecule has 3 nitrogen and oxygen atoms in total. The van der Waals surface area contributed by atoms with Crippen molar-refractivity contribution in [3.8, 4) is 0 Å². The van der Waals surface area contributed by atoms with Crippen molar-refractivity contribution in [2.45, 2.75) is 51.5 Å². The molecule has 0 aliphatic rings. The van der Waals surface area contributed by atoms with Crippen LogP contribution in [0.2, 0.25) is 0 Å². The maximum atomic E-state index is 13.8. The third-order valence-electron chi connectivity index (χ3n) is 4.12. The second-order valence-electron chi connectivity index (χ2n) is 5.86. The molecule has 0 bridgehead atoms. The van der Waals surface area contributed by atoms with Gasteiger partial charge < -0.3 is 11.1 Å². The molecule has 0 heterocycles. The molecule has 0 spiro atoms. The van der Waals surface area contributed by atoms with Crippen LogP contribution in [-0.2, 0) is 10.2 Å². The molecule has 0 aromatic heterocycles. The van der Waals surface area contributed by atoms with Crippen LogP contribution in [0.25, 0.3) is 0 Å². The smallest absolute Gasteiger partial charge is 0.230 e. The van der Waals surface area contributed by atoms with Crippen LogP contribution in [-0.4, -0.2) is 18.0 Å². The maximum absolute atomic E-state index is 13.8. The van der Waals surface area contributed by atoms with Crippen molar-refractivity contribution in [2.24, 2.45) is 5.73 Å². The van der Waals surface area contributed by atoms with Gasteiger partial charge in [0.25, 0.3) is 0 Å². The van der Waals surface area contributed by atoms with Gasteiger partial charge in [-0.1, -0.05) is 32.0 Å². The highest BCUT2D eigenvalue weighted by molar-refractivity contribution is 5.87. The minimum Gasteiger partial charge on any atom is -0.354 e. The lowest BCUT2D eigenvalue weighted by Crippen LogP contribution is -2.52. The van der Waals surface area contributed by atoms with E-state index in [1.807, 2.05) is 13.8 Å². The second-order valence-corrected chi connectivity index (χ2v) is 5.86. The van der Waals surface area contributed by atoms with E-state index in [9.17, 15) is 9.18 Å². The van der Waals surface area contributed by atoms with Crippen molar-refractivity contribution in [1.82, 2.24) is 5.32 Å². The zero-order valence-electron chi connectivity index (χ0n) is 12.8. The van der Waals surface area contributed by atoms with Crippen molar-refractivity contribution >= 4 is 5.91 Å². The Morgan fingerprint density at radius 1 is 1.25 bits per heavy atom. The number of benzene rings is 1. The van der Waals surface area contributed by atoms with E-state index in [0.717, 1.165) is 12.8 Å². The summed E-state index contributed by atoms with van der Waals surface area (Å²) in [5, 5.41) is 2.86. The van der Waals surface area contributed by atoms with Gasteiger partial charge in [-0.2, -0.15) is 0 Å². The summed E-state index contributed by atoms with van der Waals surface area (Å²) < 4.78 is 13.8. The van der Waals surface area contributed by atoms with Gasteiger partial charge in [0.15, 0.2) is 0 Å². The zero-order valence-corrected chi connectivity index (χ0v) is 12.8. The summed E-state index contributed by atoms with van der Waals surface area (Å²) >= 11 is 0. The summed E-state index contributed by atoms with van der Waals surface area (Å²) in [5.74, 6) is -0.572. The van der Waals surface area contributed by atoms with Crippen molar-refractivity contribution in [1.29, 1.82) is 0 Å². The fraction of sp³-hybridized carbons (Fsp3) is 0.562. The first kappa shape index (κ1) is 16.6. The van der Waals surface area contributed by atoms with Crippen molar-refractivity contribution < 1.29 is 9.18 Å². The molecular formula is C16H25FN2O. The topological polar surface area (TPSA) is 55.1 Å². The van der Waals surface area contributed by atoms with Crippen LogP contribution in [0, 0.1) is 5.82 Å². The Kier molecular flexibility index (Phi) is 5.28. The molecule has 0 saturated heterocycles. The number of nitrogens with two attached hydrogens (primary N) is 1. The molecule has 20 heavy (non-hydrogen) atoms. The first-order valence-corrected chi connectivity index (χ1v) is 7.09. The molecular weight excluding hydrogens is 255 g/mol. The molecule has 1 amide bonds. The highest BCUT2D eigenvalue weighted by Crippen LogP contribution is 2.26. The van der Waals surface area contributed by atoms with E-state index in [1.165, 1.54) is 6.07 Å². The van der Waals surface area contributed by atoms with Gasteiger partial charge in [0.1, 0.15) is 5.82 Å². The number of hydrogen-bond donors (Lipinski definition) is 2. The van der Waals surface area contributed by atoms with Crippen LogP contribution in [0.5, 0.6) is 0 Å². The number of halogens is 1. The molecule has 0 atom stereocenters. The van der Waals surface area contributed by atoms with E-state index >= 15 is 0 Å². The van der Waals surface area contributed by atoms with Crippen LogP contribution >= 0.6 is 0 Å². The van der Waals surface area contributed by atoms with Crippen LogP contribution in [0.3, 0.4) is 0 Å². The van der Waals surface area contributed by atoms with Gasteiger partial charge in [0.2, 0.25) is 5.91 Å². The first-order chi connectivity index (χ1) is 9.27. The largest absolute Gasteiger partial charge is 0.354 e. The predicted octanol–water partition coefficient (Wildman–Crippen LogP) is 2.74. The Labute approximate surface area is 120 Å². The molecule has 0 aliphatic heterocycles. The summed E-state index contributed by atoms with van der Waals surface area (Å²) in [7, 11) is 0. The van der Waals surface area contributed by atoms with E-state index < -0.39 is 11.0 Å².